The fourth-order valence-corrected chi connectivity index (χ4v) is 14.6. The van der Waals surface area contributed by atoms with Crippen LogP contribution in [-0.4, -0.2) is 73.0 Å². The summed E-state index contributed by atoms with van der Waals surface area (Å²) < 4.78 is 16.6. The maximum absolute atomic E-state index is 13.1. The van der Waals surface area contributed by atoms with Crippen molar-refractivity contribution in [3.05, 3.63) is 52.4 Å². The molecule has 0 aliphatic heterocycles. The van der Waals surface area contributed by atoms with Crippen molar-refractivity contribution in [1.82, 2.24) is 5.32 Å². The highest BCUT2D eigenvalue weighted by Crippen LogP contribution is 2.77. The molecule has 12 heteroatoms. The van der Waals surface area contributed by atoms with Crippen LogP contribution in [0.5, 0.6) is 0 Å². The number of carboxylic acids is 1. The zero-order chi connectivity index (χ0) is 45.0. The number of amides is 1. The Kier molecular flexibility index (Phi) is 12.6. The van der Waals surface area contributed by atoms with Crippen molar-refractivity contribution in [2.75, 3.05) is 37.7 Å². The molecule has 3 N–H and O–H groups in total. The lowest BCUT2D eigenvalue weighted by Gasteiger charge is -2.72. The number of esters is 2. The van der Waals surface area contributed by atoms with Crippen LogP contribution in [0, 0.1) is 56.7 Å². The lowest BCUT2D eigenvalue weighted by atomic mass is 9.32. The zero-order valence-electron chi connectivity index (χ0n) is 38.1. The highest BCUT2D eigenvalue weighted by atomic mass is 16.5. The van der Waals surface area contributed by atoms with Crippen molar-refractivity contribution < 1.29 is 43.3 Å². The van der Waals surface area contributed by atoms with Crippen LogP contribution in [0.4, 0.5) is 5.69 Å². The molecule has 0 radical (unpaired) electrons. The van der Waals surface area contributed by atoms with Gasteiger partial charge in [-0.15, -0.1) is 0 Å². The second-order valence-electron chi connectivity index (χ2n) is 20.7. The van der Waals surface area contributed by atoms with Crippen molar-refractivity contribution in [2.24, 2.45) is 56.7 Å². The molecule has 1 aromatic heterocycles. The van der Waals surface area contributed by atoms with Crippen LogP contribution in [-0.2, 0) is 23.9 Å². The Hall–Kier alpha value is -4.19. The number of hydrogen-bond donors (Lipinski definition) is 3. The first-order valence-corrected chi connectivity index (χ1v) is 23.3. The molecule has 7 rings (SSSR count). The summed E-state index contributed by atoms with van der Waals surface area (Å²) in [6.07, 6.45) is 7.64. The summed E-state index contributed by atoms with van der Waals surface area (Å²) >= 11 is 0. The van der Waals surface area contributed by atoms with Gasteiger partial charge in [-0.2, -0.15) is 0 Å². The van der Waals surface area contributed by atoms with Crippen LogP contribution in [0.3, 0.4) is 0 Å². The van der Waals surface area contributed by atoms with Gasteiger partial charge in [0.05, 0.1) is 37.5 Å². The van der Waals surface area contributed by atoms with Crippen molar-refractivity contribution in [1.29, 1.82) is 0 Å². The van der Waals surface area contributed by atoms with Crippen LogP contribution in [0.1, 0.15) is 136 Å². The number of aliphatic carboxylic acids is 1. The molecular weight excluding hydrogens is 789 g/mol. The molecule has 0 spiro atoms. The molecule has 1 heterocycles. The standard InChI is InChI=1S/C50H70N2O10/c1-9-52(10-2)32-12-11-31-27-34(44(57)62-36(31)28-32)43(56)51-25-26-60-40(54)15-16-41(55)61-29-47(6)37-18-21-49(8)38(46(37,5)20-19-39(47)53)14-13-35-42-33(30(3)4)17-22-50(42,45(58)59)24-23-48(35,49)7/h11-12,27-28,33,35,37-39,42,53H,3,9-10,13-26,29H2,1-2,4-8H3,(H,51,56)(H,58,59)/t33-,35+,37+,38+,39-,42+,46-,47-,48+,49+,50-/m0/s1. The van der Waals surface area contributed by atoms with E-state index in [0.29, 0.717) is 35.6 Å². The van der Waals surface area contributed by atoms with Crippen LogP contribution < -0.4 is 15.8 Å². The average molecular weight is 859 g/mol. The van der Waals surface area contributed by atoms with Gasteiger partial charge in [-0.1, -0.05) is 39.8 Å². The Balaban J connectivity index is 0.917. The second kappa shape index (κ2) is 17.1. The smallest absolute Gasteiger partial charge is 0.349 e. The molecule has 0 unspecified atom stereocenters. The minimum atomic E-state index is -0.763. The topological polar surface area (TPSA) is 173 Å². The third-order valence-corrected chi connectivity index (χ3v) is 18.1. The summed E-state index contributed by atoms with van der Waals surface area (Å²) in [5, 5.41) is 25.5. The van der Waals surface area contributed by atoms with Crippen molar-refractivity contribution in [2.45, 2.75) is 132 Å². The average Bonchev–Trinajstić information content (AvgIpc) is 3.64. The number of aliphatic hydroxyl groups excluding tert-OH is 1. The molecule has 0 saturated heterocycles. The maximum Gasteiger partial charge on any atom is 0.349 e. The lowest BCUT2D eigenvalue weighted by molar-refractivity contribution is -0.255. The minimum Gasteiger partial charge on any atom is -0.481 e. The van der Waals surface area contributed by atoms with Gasteiger partial charge in [0.1, 0.15) is 17.8 Å². The molecule has 1 aromatic carbocycles. The maximum atomic E-state index is 13.1. The van der Waals surface area contributed by atoms with Crippen molar-refractivity contribution in [3.8, 4) is 0 Å². The molecule has 2 aromatic rings. The van der Waals surface area contributed by atoms with Gasteiger partial charge in [0, 0.05) is 35.6 Å². The molecule has 0 bridgehead atoms. The van der Waals surface area contributed by atoms with Gasteiger partial charge in [0.25, 0.3) is 5.91 Å². The van der Waals surface area contributed by atoms with Crippen LogP contribution in [0.15, 0.2) is 45.6 Å². The number of anilines is 1. The Morgan fingerprint density at radius 1 is 0.871 bits per heavy atom. The number of aliphatic hydroxyl groups is 1. The van der Waals surface area contributed by atoms with Gasteiger partial charge < -0.3 is 34.3 Å². The first-order chi connectivity index (χ1) is 29.3. The SMILES string of the molecule is C=C(C)[C@@H]1CC[C@]2(C(=O)O)CC[C@]3(C)[C@H](CC[C@@H]4[C@@]5(C)CC[C@H](O)[C@@](C)(COC(=O)CCC(=O)OCCNC(=O)c6cc7ccc(N(CC)CC)cc7oc6=O)[C@@H]5CC[C@]43C)[C@@H]12. The van der Waals surface area contributed by atoms with Gasteiger partial charge in [-0.05, 0) is 149 Å². The lowest BCUT2D eigenvalue weighted by Crippen LogP contribution is -2.67. The van der Waals surface area contributed by atoms with E-state index in [1.165, 1.54) is 6.07 Å². The third kappa shape index (κ3) is 7.47. The number of benzene rings is 1. The number of nitrogens with one attached hydrogen (secondary N) is 1. The first-order valence-electron chi connectivity index (χ1n) is 23.3. The fourth-order valence-electron chi connectivity index (χ4n) is 14.6. The van der Waals surface area contributed by atoms with E-state index in [9.17, 15) is 34.2 Å². The van der Waals surface area contributed by atoms with E-state index in [2.05, 4.69) is 51.4 Å². The quantitative estimate of drug-likeness (QED) is 0.0722. The molecule has 1 amide bonds. The molecule has 5 aliphatic carbocycles. The van der Waals surface area contributed by atoms with Crippen LogP contribution in [0.25, 0.3) is 11.0 Å². The number of ether oxygens (including phenoxy) is 2. The Bertz CT molecular complexity index is 2150. The molecule has 62 heavy (non-hydrogen) atoms. The molecule has 12 nitrogen and oxygen atoms in total. The number of allylic oxidation sites excluding steroid dienone is 1. The Labute approximate surface area is 366 Å². The normalized spacial score (nSPS) is 36.0. The van der Waals surface area contributed by atoms with Gasteiger partial charge in [0.2, 0.25) is 0 Å². The number of hydrogen-bond acceptors (Lipinski definition) is 10. The van der Waals surface area contributed by atoms with E-state index in [4.69, 9.17) is 13.9 Å². The third-order valence-electron chi connectivity index (χ3n) is 18.1. The highest BCUT2D eigenvalue weighted by Gasteiger charge is 2.72. The van der Waals surface area contributed by atoms with Crippen molar-refractivity contribution in [3.63, 3.8) is 0 Å². The van der Waals surface area contributed by atoms with E-state index in [-0.39, 0.29) is 72.2 Å². The van der Waals surface area contributed by atoms with Gasteiger partial charge in [-0.3, -0.25) is 19.2 Å². The molecule has 340 valence electrons. The highest BCUT2D eigenvalue weighted by molar-refractivity contribution is 5.97. The molecule has 5 aliphatic rings. The predicted molar refractivity (Wildman–Crippen MR) is 236 cm³/mol. The van der Waals surface area contributed by atoms with Gasteiger partial charge in [-0.25, -0.2) is 4.79 Å². The van der Waals surface area contributed by atoms with Crippen LogP contribution in [0.2, 0.25) is 0 Å². The van der Waals surface area contributed by atoms with E-state index in [1.54, 1.807) is 12.1 Å². The monoisotopic (exact) mass is 859 g/mol. The molecule has 11 atom stereocenters. The Morgan fingerprint density at radius 3 is 2.26 bits per heavy atom. The summed E-state index contributed by atoms with van der Waals surface area (Å²) in [6.45, 7) is 21.4. The largest absolute Gasteiger partial charge is 0.481 e. The number of carbonyl (C=O) groups is 4. The predicted octanol–water partition coefficient (Wildman–Crippen LogP) is 8.32. The molecule has 5 fully saturated rings. The van der Waals surface area contributed by atoms with E-state index in [0.717, 1.165) is 75.7 Å². The number of rotatable bonds is 14. The number of carboxylic acid groups (broad SMARTS) is 1. The summed E-state index contributed by atoms with van der Waals surface area (Å²) in [4.78, 5) is 66.4. The molecular formula is C50H70N2O10. The second-order valence-corrected chi connectivity index (χ2v) is 20.7. The van der Waals surface area contributed by atoms with Crippen molar-refractivity contribution >= 4 is 40.5 Å². The number of nitrogens with zero attached hydrogens (tertiary/aromatic N) is 1. The summed E-state index contributed by atoms with van der Waals surface area (Å²) in [5.74, 6) is -1.26. The van der Waals surface area contributed by atoms with Gasteiger partial charge in [0.15, 0.2) is 0 Å². The van der Waals surface area contributed by atoms with E-state index in [1.807, 2.05) is 19.9 Å². The summed E-state index contributed by atoms with van der Waals surface area (Å²) in [6, 6.07) is 6.99. The minimum absolute atomic E-state index is 0.00169. The first kappa shape index (κ1) is 45.8. The van der Waals surface area contributed by atoms with Crippen LogP contribution >= 0.6 is 0 Å². The summed E-state index contributed by atoms with van der Waals surface area (Å²) in [7, 11) is 0. The van der Waals surface area contributed by atoms with E-state index >= 15 is 0 Å². The number of carbonyl (C=O) groups excluding carboxylic acids is 3. The Morgan fingerprint density at radius 2 is 1.58 bits per heavy atom. The fraction of sp³-hybridized carbons (Fsp3) is 0.700. The zero-order valence-corrected chi connectivity index (χ0v) is 38.1. The van der Waals surface area contributed by atoms with E-state index < -0.39 is 46.4 Å². The van der Waals surface area contributed by atoms with Gasteiger partial charge >= 0.3 is 23.5 Å². The number of fused-ring (bicyclic) bond motifs is 8. The summed E-state index contributed by atoms with van der Waals surface area (Å²) in [5.41, 5.74) is 0.0570. The molecule has 5 saturated carbocycles.